The summed E-state index contributed by atoms with van der Waals surface area (Å²) in [5.74, 6) is 0.733. The normalized spacial score (nSPS) is 22.2. The number of aromatic nitrogens is 2. The van der Waals surface area contributed by atoms with E-state index in [9.17, 15) is 0 Å². The summed E-state index contributed by atoms with van der Waals surface area (Å²) in [6.07, 6.45) is 5.06. The minimum Gasteiger partial charge on any atom is -1.00 e. The van der Waals surface area contributed by atoms with E-state index in [2.05, 4.69) is 14.9 Å². The first-order valence-electron chi connectivity index (χ1n) is 3.91. The van der Waals surface area contributed by atoms with Crippen LogP contribution in [-0.2, 0) is 0 Å². The molecule has 1 unspecified atom stereocenters. The van der Waals surface area contributed by atoms with Crippen molar-refractivity contribution >= 4 is 5.82 Å². The van der Waals surface area contributed by atoms with Crippen molar-refractivity contribution in [2.45, 2.75) is 12.5 Å². The zero-order valence-corrected chi connectivity index (χ0v) is 7.51. The van der Waals surface area contributed by atoms with E-state index in [4.69, 9.17) is 5.73 Å². The van der Waals surface area contributed by atoms with E-state index in [1.54, 1.807) is 0 Å². The molecule has 4 N–H and O–H groups in total. The third-order valence-electron chi connectivity index (χ3n) is 2.12. The summed E-state index contributed by atoms with van der Waals surface area (Å²) >= 11 is 0. The fourth-order valence-corrected chi connectivity index (χ4v) is 1.49. The molecule has 0 spiro atoms. The lowest BCUT2D eigenvalue weighted by atomic mass is 10.3. The van der Waals surface area contributed by atoms with Gasteiger partial charge >= 0.3 is 0 Å². The second kappa shape index (κ2) is 3.78. The highest BCUT2D eigenvalue weighted by atomic mass is 35.5. The molecular formula is C7H13ClN4. The lowest BCUT2D eigenvalue weighted by Gasteiger charge is -2.00. The SMILES string of the molecule is Nc1c[n+](C2CCNC2)c[nH]1.[Cl-]. The van der Waals surface area contributed by atoms with Crippen molar-refractivity contribution in [2.24, 2.45) is 0 Å². The molecule has 1 fully saturated rings. The van der Waals surface area contributed by atoms with Gasteiger partial charge in [-0.05, 0) is 6.54 Å². The molecular weight excluding hydrogens is 176 g/mol. The molecule has 0 aliphatic carbocycles. The predicted octanol–water partition coefficient (Wildman–Crippen LogP) is -3.58. The van der Waals surface area contributed by atoms with Gasteiger partial charge in [0.1, 0.15) is 6.04 Å². The molecule has 0 saturated carbocycles. The van der Waals surface area contributed by atoms with Gasteiger partial charge in [0.05, 0.1) is 0 Å². The van der Waals surface area contributed by atoms with E-state index in [1.165, 1.54) is 6.42 Å². The Morgan fingerprint density at radius 1 is 1.58 bits per heavy atom. The van der Waals surface area contributed by atoms with Crippen molar-refractivity contribution in [1.82, 2.24) is 10.3 Å². The van der Waals surface area contributed by atoms with Crippen molar-refractivity contribution in [3.05, 3.63) is 12.5 Å². The second-order valence-corrected chi connectivity index (χ2v) is 2.95. The number of rotatable bonds is 1. The zero-order valence-electron chi connectivity index (χ0n) is 6.76. The Morgan fingerprint density at radius 3 is 2.92 bits per heavy atom. The molecule has 1 saturated heterocycles. The van der Waals surface area contributed by atoms with Gasteiger partial charge in [-0.3, -0.25) is 0 Å². The number of H-pyrrole nitrogens is 1. The summed E-state index contributed by atoms with van der Waals surface area (Å²) in [5.41, 5.74) is 5.55. The number of hydrogen-bond donors (Lipinski definition) is 3. The van der Waals surface area contributed by atoms with Gasteiger partial charge in [0.2, 0.25) is 12.1 Å². The molecule has 4 nitrogen and oxygen atoms in total. The number of imidazole rings is 1. The monoisotopic (exact) mass is 188 g/mol. The molecule has 1 atom stereocenters. The molecule has 2 heterocycles. The summed E-state index contributed by atoms with van der Waals surface area (Å²) in [6.45, 7) is 2.17. The average Bonchev–Trinajstić information content (AvgIpc) is 2.55. The Hall–Kier alpha value is -0.740. The molecule has 1 aliphatic rings. The summed E-state index contributed by atoms with van der Waals surface area (Å²) in [6, 6.07) is 0.587. The fourth-order valence-electron chi connectivity index (χ4n) is 1.49. The van der Waals surface area contributed by atoms with Gasteiger partial charge in [-0.1, -0.05) is 0 Å². The number of anilines is 1. The van der Waals surface area contributed by atoms with Crippen LogP contribution in [0.15, 0.2) is 12.5 Å². The minimum atomic E-state index is 0. The molecule has 2 rings (SSSR count). The highest BCUT2D eigenvalue weighted by molar-refractivity contribution is 5.18. The molecule has 1 aliphatic heterocycles. The first-order valence-corrected chi connectivity index (χ1v) is 3.91. The molecule has 0 amide bonds. The standard InChI is InChI=1S/C7H12N4.ClH/c8-7-4-11(5-10-7)6-1-2-9-3-6;/h4-6,9H,1-3,8H2;1H. The highest BCUT2D eigenvalue weighted by Gasteiger charge is 2.20. The van der Waals surface area contributed by atoms with Crippen LogP contribution in [-0.4, -0.2) is 18.1 Å². The highest BCUT2D eigenvalue weighted by Crippen LogP contribution is 2.06. The van der Waals surface area contributed by atoms with E-state index in [0.29, 0.717) is 6.04 Å². The van der Waals surface area contributed by atoms with Gasteiger partial charge < -0.3 is 23.5 Å². The Kier molecular flexibility index (Phi) is 2.94. The van der Waals surface area contributed by atoms with E-state index < -0.39 is 0 Å². The van der Waals surface area contributed by atoms with Gasteiger partial charge in [-0.15, -0.1) is 0 Å². The Balaban J connectivity index is 0.000000720. The van der Waals surface area contributed by atoms with Gasteiger partial charge in [-0.25, -0.2) is 9.55 Å². The molecule has 0 radical (unpaired) electrons. The smallest absolute Gasteiger partial charge is 0.243 e. The molecule has 68 valence electrons. The van der Waals surface area contributed by atoms with Crippen LogP contribution in [0.5, 0.6) is 0 Å². The van der Waals surface area contributed by atoms with Gasteiger partial charge in [0.25, 0.3) is 0 Å². The van der Waals surface area contributed by atoms with Gasteiger partial charge in [-0.2, -0.15) is 0 Å². The van der Waals surface area contributed by atoms with Gasteiger partial charge in [0.15, 0.2) is 6.20 Å². The topological polar surface area (TPSA) is 57.7 Å². The van der Waals surface area contributed by atoms with E-state index in [1.807, 2.05) is 12.5 Å². The Morgan fingerprint density at radius 2 is 2.42 bits per heavy atom. The number of nitrogen functional groups attached to an aromatic ring is 1. The third-order valence-corrected chi connectivity index (χ3v) is 2.12. The van der Waals surface area contributed by atoms with Crippen LogP contribution in [0.25, 0.3) is 0 Å². The summed E-state index contributed by atoms with van der Waals surface area (Å²) < 4.78 is 2.13. The van der Waals surface area contributed by atoms with E-state index in [-0.39, 0.29) is 12.4 Å². The van der Waals surface area contributed by atoms with E-state index in [0.717, 1.165) is 18.9 Å². The Bertz CT molecular complexity index is 241. The van der Waals surface area contributed by atoms with Crippen LogP contribution < -0.4 is 28.0 Å². The quantitative estimate of drug-likeness (QED) is 0.400. The molecule has 1 aromatic heterocycles. The number of halogens is 1. The molecule has 12 heavy (non-hydrogen) atoms. The molecule has 0 aromatic carbocycles. The first kappa shape index (κ1) is 9.35. The molecule has 1 aromatic rings. The summed E-state index contributed by atoms with van der Waals surface area (Å²) in [5, 5.41) is 3.30. The van der Waals surface area contributed by atoms with Crippen LogP contribution in [0.3, 0.4) is 0 Å². The average molecular weight is 189 g/mol. The van der Waals surface area contributed by atoms with Crippen LogP contribution in [0.1, 0.15) is 12.5 Å². The van der Waals surface area contributed by atoms with Crippen molar-refractivity contribution < 1.29 is 17.0 Å². The lowest BCUT2D eigenvalue weighted by molar-refractivity contribution is -0.717. The minimum absolute atomic E-state index is 0. The number of nitrogens with one attached hydrogen (secondary N) is 2. The van der Waals surface area contributed by atoms with Crippen molar-refractivity contribution in [3.63, 3.8) is 0 Å². The number of nitrogens with two attached hydrogens (primary N) is 1. The molecule has 0 bridgehead atoms. The molecule has 5 heteroatoms. The second-order valence-electron chi connectivity index (χ2n) is 2.95. The van der Waals surface area contributed by atoms with Crippen LogP contribution in [0.2, 0.25) is 0 Å². The maximum absolute atomic E-state index is 5.55. The maximum Gasteiger partial charge on any atom is 0.243 e. The van der Waals surface area contributed by atoms with Crippen LogP contribution in [0, 0.1) is 0 Å². The Labute approximate surface area is 77.6 Å². The lowest BCUT2D eigenvalue weighted by Crippen LogP contribution is -3.00. The number of aromatic amines is 1. The number of hydrogen-bond acceptors (Lipinski definition) is 2. The maximum atomic E-state index is 5.55. The van der Waals surface area contributed by atoms with E-state index >= 15 is 0 Å². The number of nitrogens with zero attached hydrogens (tertiary/aromatic N) is 1. The summed E-state index contributed by atoms with van der Waals surface area (Å²) in [4.78, 5) is 2.96. The first-order chi connectivity index (χ1) is 5.36. The predicted molar refractivity (Wildman–Crippen MR) is 41.9 cm³/mol. The van der Waals surface area contributed by atoms with Crippen molar-refractivity contribution in [2.75, 3.05) is 18.8 Å². The van der Waals surface area contributed by atoms with Crippen molar-refractivity contribution in [1.29, 1.82) is 0 Å². The van der Waals surface area contributed by atoms with Crippen LogP contribution >= 0.6 is 0 Å². The largest absolute Gasteiger partial charge is 1.00 e. The van der Waals surface area contributed by atoms with Gasteiger partial charge in [0, 0.05) is 13.0 Å². The summed E-state index contributed by atoms with van der Waals surface area (Å²) in [7, 11) is 0. The third kappa shape index (κ3) is 1.70. The zero-order chi connectivity index (χ0) is 7.68. The fraction of sp³-hybridized carbons (Fsp3) is 0.571. The van der Waals surface area contributed by atoms with Crippen molar-refractivity contribution in [3.8, 4) is 0 Å². The van der Waals surface area contributed by atoms with Crippen LogP contribution in [0.4, 0.5) is 5.82 Å².